The highest BCUT2D eigenvalue weighted by atomic mass is 32.2. The predicted molar refractivity (Wildman–Crippen MR) is 94.2 cm³/mol. The number of carbonyl (C=O) groups excluding carboxylic acids is 1. The Morgan fingerprint density at radius 1 is 1.42 bits per heavy atom. The molecule has 0 fully saturated rings. The summed E-state index contributed by atoms with van der Waals surface area (Å²) in [6.45, 7) is 0. The van der Waals surface area contributed by atoms with Crippen LogP contribution >= 0.6 is 34.4 Å². The Bertz CT molecular complexity index is 995. The molecule has 1 N–H and O–H groups in total. The number of rotatable bonds is 5. The van der Waals surface area contributed by atoms with E-state index >= 15 is 0 Å². The van der Waals surface area contributed by atoms with Crippen molar-refractivity contribution < 1.29 is 9.53 Å². The first-order valence-electron chi connectivity index (χ1n) is 6.75. The van der Waals surface area contributed by atoms with Gasteiger partial charge in [-0.05, 0) is 18.2 Å². The first kappa shape index (κ1) is 15.3. The van der Waals surface area contributed by atoms with Gasteiger partial charge in [-0.25, -0.2) is 4.98 Å². The minimum absolute atomic E-state index is 0.128. The summed E-state index contributed by atoms with van der Waals surface area (Å²) < 4.78 is 8.51. The van der Waals surface area contributed by atoms with Crippen LogP contribution in [0, 0.1) is 0 Å². The topological polar surface area (TPSA) is 94.3 Å². The summed E-state index contributed by atoms with van der Waals surface area (Å²) in [7, 11) is 1.62. The number of fused-ring (bicyclic) bond motifs is 2. The third-order valence-electron chi connectivity index (χ3n) is 3.04. The second-order valence-electron chi connectivity index (χ2n) is 4.62. The van der Waals surface area contributed by atoms with E-state index in [2.05, 4.69) is 25.6 Å². The molecule has 3 aromatic heterocycles. The van der Waals surface area contributed by atoms with E-state index in [1.165, 1.54) is 40.8 Å². The molecule has 0 atom stereocenters. The molecule has 1 amide bonds. The molecule has 24 heavy (non-hydrogen) atoms. The van der Waals surface area contributed by atoms with Gasteiger partial charge in [-0.3, -0.25) is 4.79 Å². The first-order chi connectivity index (χ1) is 11.7. The van der Waals surface area contributed by atoms with Gasteiger partial charge in [0.2, 0.25) is 10.9 Å². The van der Waals surface area contributed by atoms with Crippen LogP contribution in [0.4, 0.5) is 5.13 Å². The number of amides is 1. The zero-order chi connectivity index (χ0) is 16.5. The van der Waals surface area contributed by atoms with Crippen LogP contribution in [-0.2, 0) is 4.79 Å². The quantitative estimate of drug-likeness (QED) is 0.533. The lowest BCUT2D eigenvalue weighted by molar-refractivity contribution is -0.113. The van der Waals surface area contributed by atoms with Crippen LogP contribution in [0.25, 0.3) is 15.2 Å². The molecule has 0 unspecified atom stereocenters. The zero-order valence-electron chi connectivity index (χ0n) is 12.3. The number of anilines is 1. The fraction of sp³-hybridized carbons (Fsp3) is 0.154. The number of aromatic nitrogens is 5. The highest BCUT2D eigenvalue weighted by molar-refractivity contribution is 8.01. The number of hydrogen-bond acceptors (Lipinski definition) is 9. The molecule has 4 aromatic rings. The highest BCUT2D eigenvalue weighted by Gasteiger charge is 2.11. The van der Waals surface area contributed by atoms with Gasteiger partial charge >= 0.3 is 0 Å². The molecule has 1 aromatic carbocycles. The number of thioether (sulfide) groups is 1. The molecule has 0 aliphatic heterocycles. The van der Waals surface area contributed by atoms with Gasteiger partial charge in [0, 0.05) is 0 Å². The van der Waals surface area contributed by atoms with Gasteiger partial charge in [-0.1, -0.05) is 34.4 Å². The standard InChI is InChI=1S/C13H10N6O2S3/c1-21-7-2-3-8-9(4-7)23-11(15-8)16-10(20)5-22-13-18-19-6-14-17-12(19)24-13/h2-4,6H,5H2,1H3,(H,15,16,20). The number of hydrogen-bond donors (Lipinski definition) is 1. The monoisotopic (exact) mass is 378 g/mol. The Labute approximate surface area is 147 Å². The first-order valence-corrected chi connectivity index (χ1v) is 9.37. The van der Waals surface area contributed by atoms with E-state index in [9.17, 15) is 4.79 Å². The predicted octanol–water partition coefficient (Wildman–Crippen LogP) is 2.53. The van der Waals surface area contributed by atoms with E-state index < -0.39 is 0 Å². The van der Waals surface area contributed by atoms with Gasteiger partial charge in [0.25, 0.3) is 0 Å². The summed E-state index contributed by atoms with van der Waals surface area (Å²) in [5.74, 6) is 0.892. The van der Waals surface area contributed by atoms with Crippen molar-refractivity contribution >= 4 is 60.7 Å². The number of nitrogens with one attached hydrogen (secondary N) is 1. The van der Waals surface area contributed by atoms with Crippen molar-refractivity contribution in [3.05, 3.63) is 24.5 Å². The smallest absolute Gasteiger partial charge is 0.236 e. The third kappa shape index (κ3) is 3.05. The highest BCUT2D eigenvalue weighted by Crippen LogP contribution is 2.29. The van der Waals surface area contributed by atoms with E-state index in [0.717, 1.165) is 20.3 Å². The minimum Gasteiger partial charge on any atom is -0.497 e. The summed E-state index contributed by atoms with van der Waals surface area (Å²) in [5, 5.41) is 15.3. The maximum absolute atomic E-state index is 12.1. The van der Waals surface area contributed by atoms with Crippen LogP contribution in [0.1, 0.15) is 0 Å². The Kier molecular flexibility index (Phi) is 4.04. The summed E-state index contributed by atoms with van der Waals surface area (Å²) in [6, 6.07) is 5.61. The number of nitrogens with zero attached hydrogens (tertiary/aromatic N) is 5. The van der Waals surface area contributed by atoms with E-state index in [-0.39, 0.29) is 11.7 Å². The molecule has 0 radical (unpaired) electrons. The largest absolute Gasteiger partial charge is 0.497 e. The molecule has 8 nitrogen and oxygen atoms in total. The van der Waals surface area contributed by atoms with Crippen LogP contribution in [0.15, 0.2) is 28.9 Å². The van der Waals surface area contributed by atoms with Crippen molar-refractivity contribution in [1.29, 1.82) is 0 Å². The average Bonchev–Trinajstić information content (AvgIpc) is 3.25. The Morgan fingerprint density at radius 3 is 3.17 bits per heavy atom. The molecule has 0 bridgehead atoms. The van der Waals surface area contributed by atoms with Crippen molar-refractivity contribution in [1.82, 2.24) is 24.8 Å². The molecule has 0 spiro atoms. The van der Waals surface area contributed by atoms with Gasteiger partial charge in [0.1, 0.15) is 12.1 Å². The number of methoxy groups -OCH3 is 1. The Balaban J connectivity index is 1.41. The van der Waals surface area contributed by atoms with Crippen LogP contribution in [0.2, 0.25) is 0 Å². The minimum atomic E-state index is -0.128. The zero-order valence-corrected chi connectivity index (χ0v) is 14.7. The third-order valence-corrected chi connectivity index (χ3v) is 6.02. The lowest BCUT2D eigenvalue weighted by Crippen LogP contribution is -2.13. The molecule has 4 rings (SSSR count). The van der Waals surface area contributed by atoms with Crippen molar-refractivity contribution in [2.45, 2.75) is 4.34 Å². The summed E-state index contributed by atoms with van der Waals surface area (Å²) in [5.41, 5.74) is 0.831. The van der Waals surface area contributed by atoms with Crippen LogP contribution < -0.4 is 10.1 Å². The maximum atomic E-state index is 12.1. The number of carbonyl (C=O) groups is 1. The SMILES string of the molecule is COc1ccc2nc(NC(=O)CSc3nn4cnnc4s3)sc2c1. The van der Waals surface area contributed by atoms with Gasteiger partial charge in [0.05, 0.1) is 23.1 Å². The molecule has 0 aliphatic carbocycles. The summed E-state index contributed by atoms with van der Waals surface area (Å²) in [6.07, 6.45) is 1.53. The second-order valence-corrected chi connectivity index (χ2v) is 7.82. The number of ether oxygens (including phenoxy) is 1. The van der Waals surface area contributed by atoms with E-state index in [0.29, 0.717) is 10.1 Å². The van der Waals surface area contributed by atoms with Gasteiger partial charge < -0.3 is 10.1 Å². The van der Waals surface area contributed by atoms with Gasteiger partial charge in [0.15, 0.2) is 9.47 Å². The van der Waals surface area contributed by atoms with Gasteiger partial charge in [-0.2, -0.15) is 4.52 Å². The molecule has 3 heterocycles. The molecular weight excluding hydrogens is 368 g/mol. The summed E-state index contributed by atoms with van der Waals surface area (Å²) >= 11 is 4.16. The Hall–Kier alpha value is -2.24. The molecule has 0 saturated carbocycles. The average molecular weight is 378 g/mol. The van der Waals surface area contributed by atoms with Crippen molar-refractivity contribution in [2.24, 2.45) is 0 Å². The lowest BCUT2D eigenvalue weighted by atomic mass is 10.3. The van der Waals surface area contributed by atoms with Crippen molar-refractivity contribution in [3.8, 4) is 5.75 Å². The summed E-state index contributed by atoms with van der Waals surface area (Å²) in [4.78, 5) is 17.2. The molecule has 0 aliphatic rings. The maximum Gasteiger partial charge on any atom is 0.236 e. The fourth-order valence-corrected chi connectivity index (χ4v) is 4.54. The van der Waals surface area contributed by atoms with Gasteiger partial charge in [-0.15, -0.1) is 15.3 Å². The Morgan fingerprint density at radius 2 is 2.33 bits per heavy atom. The molecular formula is C13H10N6O2S3. The van der Waals surface area contributed by atoms with E-state index in [1.54, 1.807) is 11.6 Å². The van der Waals surface area contributed by atoms with Crippen LogP contribution in [0.3, 0.4) is 0 Å². The molecule has 0 saturated heterocycles. The van der Waals surface area contributed by atoms with E-state index in [4.69, 9.17) is 4.74 Å². The molecule has 11 heteroatoms. The van der Waals surface area contributed by atoms with Crippen molar-refractivity contribution in [3.63, 3.8) is 0 Å². The number of thiazole rings is 1. The molecule has 122 valence electrons. The van der Waals surface area contributed by atoms with E-state index in [1.807, 2.05) is 18.2 Å². The fourth-order valence-electron chi connectivity index (χ4n) is 1.97. The van der Waals surface area contributed by atoms with Crippen molar-refractivity contribution in [2.75, 3.05) is 18.2 Å². The van der Waals surface area contributed by atoms with Crippen LogP contribution in [-0.4, -0.2) is 43.6 Å². The van der Waals surface area contributed by atoms with Crippen LogP contribution in [0.5, 0.6) is 5.75 Å². The second kappa shape index (κ2) is 6.34. The normalized spacial score (nSPS) is 11.2. The lowest BCUT2D eigenvalue weighted by Gasteiger charge is -1.98. The number of benzene rings is 1.